The molecule has 12 nitrogen and oxygen atoms in total. The lowest BCUT2D eigenvalue weighted by molar-refractivity contribution is 0.142. The van der Waals surface area contributed by atoms with Crippen molar-refractivity contribution in [1.82, 2.24) is 19.6 Å². The lowest BCUT2D eigenvalue weighted by Gasteiger charge is -2.34. The molecule has 51 heavy (non-hydrogen) atoms. The SMILES string of the molecule is O=C(Nc1ccc(Cc2ccc(NC(=O)N3CCN(Cc4ccc5c(c4)OCO5)CC3)cc2)cc1)N1CCN(Cc2ccc3c(c2)OCO3)CC1. The van der Waals surface area contributed by atoms with Gasteiger partial charge < -0.3 is 39.4 Å². The van der Waals surface area contributed by atoms with Gasteiger partial charge in [-0.3, -0.25) is 9.80 Å². The van der Waals surface area contributed by atoms with Gasteiger partial charge in [0.15, 0.2) is 23.0 Å². The second-order valence-electron chi connectivity index (χ2n) is 13.3. The maximum absolute atomic E-state index is 13.0. The number of carbonyl (C=O) groups excluding carboxylic acids is 2. The van der Waals surface area contributed by atoms with Crippen LogP contribution in [-0.2, 0) is 19.5 Å². The van der Waals surface area contributed by atoms with Crippen LogP contribution in [0.5, 0.6) is 23.0 Å². The average Bonchev–Trinajstić information content (AvgIpc) is 3.83. The van der Waals surface area contributed by atoms with E-state index in [0.29, 0.717) is 26.2 Å². The maximum atomic E-state index is 13.0. The van der Waals surface area contributed by atoms with E-state index in [-0.39, 0.29) is 25.6 Å². The lowest BCUT2D eigenvalue weighted by Crippen LogP contribution is -2.49. The van der Waals surface area contributed by atoms with E-state index < -0.39 is 0 Å². The van der Waals surface area contributed by atoms with Crippen molar-refractivity contribution in [2.45, 2.75) is 19.5 Å². The number of anilines is 2. The van der Waals surface area contributed by atoms with Crippen molar-refractivity contribution in [1.29, 1.82) is 0 Å². The summed E-state index contributed by atoms with van der Waals surface area (Å²) in [5, 5.41) is 6.10. The molecule has 12 heteroatoms. The summed E-state index contributed by atoms with van der Waals surface area (Å²) in [6, 6.07) is 27.9. The minimum absolute atomic E-state index is 0.0776. The summed E-state index contributed by atoms with van der Waals surface area (Å²) in [5.41, 5.74) is 6.18. The number of nitrogens with zero attached hydrogens (tertiary/aromatic N) is 4. The first-order valence-corrected chi connectivity index (χ1v) is 17.5. The van der Waals surface area contributed by atoms with E-state index in [1.165, 1.54) is 11.1 Å². The summed E-state index contributed by atoms with van der Waals surface area (Å²) >= 11 is 0. The number of rotatable bonds is 8. The van der Waals surface area contributed by atoms with Crippen LogP contribution in [0.2, 0.25) is 0 Å². The molecule has 0 saturated carbocycles. The highest BCUT2D eigenvalue weighted by molar-refractivity contribution is 5.90. The number of ether oxygens (including phenoxy) is 4. The Kier molecular flexibility index (Phi) is 9.50. The number of urea groups is 2. The highest BCUT2D eigenvalue weighted by Crippen LogP contribution is 2.34. The van der Waals surface area contributed by atoms with Crippen molar-refractivity contribution in [3.8, 4) is 23.0 Å². The molecule has 0 spiro atoms. The Balaban J connectivity index is 0.748. The van der Waals surface area contributed by atoms with E-state index in [1.807, 2.05) is 82.6 Å². The maximum Gasteiger partial charge on any atom is 0.321 e. The Morgan fingerprint density at radius 3 is 1.25 bits per heavy atom. The highest BCUT2D eigenvalue weighted by Gasteiger charge is 2.24. The third-order valence-electron chi connectivity index (χ3n) is 9.82. The van der Waals surface area contributed by atoms with Gasteiger partial charge in [0.25, 0.3) is 0 Å². The first kappa shape index (κ1) is 32.7. The molecule has 0 bridgehead atoms. The molecule has 0 radical (unpaired) electrons. The van der Waals surface area contributed by atoms with Gasteiger partial charge in [0, 0.05) is 76.8 Å². The quantitative estimate of drug-likeness (QED) is 0.252. The van der Waals surface area contributed by atoms with Crippen LogP contribution in [-0.4, -0.2) is 97.6 Å². The van der Waals surface area contributed by atoms with E-state index in [0.717, 1.165) is 91.2 Å². The molecule has 0 aliphatic carbocycles. The second-order valence-corrected chi connectivity index (χ2v) is 13.3. The zero-order chi connectivity index (χ0) is 34.6. The Morgan fingerprint density at radius 2 is 0.843 bits per heavy atom. The van der Waals surface area contributed by atoms with Crippen molar-refractivity contribution in [2.75, 3.05) is 76.6 Å². The summed E-state index contributed by atoms with van der Waals surface area (Å²) < 4.78 is 21.8. The van der Waals surface area contributed by atoms with E-state index in [2.05, 4.69) is 32.6 Å². The van der Waals surface area contributed by atoms with E-state index >= 15 is 0 Å². The monoisotopic (exact) mass is 690 g/mol. The molecule has 264 valence electrons. The molecular formula is C39H42N6O6. The van der Waals surface area contributed by atoms with Gasteiger partial charge in [-0.25, -0.2) is 9.59 Å². The van der Waals surface area contributed by atoms with Crippen LogP contribution >= 0.6 is 0 Å². The van der Waals surface area contributed by atoms with Gasteiger partial charge in [-0.2, -0.15) is 0 Å². The molecule has 4 aliphatic heterocycles. The predicted molar refractivity (Wildman–Crippen MR) is 193 cm³/mol. The molecule has 2 saturated heterocycles. The Morgan fingerprint density at radius 1 is 0.471 bits per heavy atom. The number of carbonyl (C=O) groups is 2. The van der Waals surface area contributed by atoms with Crippen LogP contribution in [0, 0.1) is 0 Å². The molecule has 2 N–H and O–H groups in total. The van der Waals surface area contributed by atoms with E-state index in [1.54, 1.807) is 0 Å². The zero-order valence-electron chi connectivity index (χ0n) is 28.5. The number of piperazine rings is 2. The van der Waals surface area contributed by atoms with Crippen molar-refractivity contribution >= 4 is 23.4 Å². The van der Waals surface area contributed by atoms with Crippen molar-refractivity contribution < 1.29 is 28.5 Å². The standard InChI is InChI=1S/C39H42N6O6/c46-38(44-17-13-42(14-18-44)24-30-5-11-34-36(22-30)50-26-48-34)40-32-7-1-28(2-8-32)21-29-3-9-33(10-4-29)41-39(47)45-19-15-43(16-20-45)25-31-6-12-35-37(23-31)51-27-49-35/h1-12,22-23H,13-21,24-27H2,(H,40,46)(H,41,47). The number of nitrogens with one attached hydrogen (secondary N) is 2. The van der Waals surface area contributed by atoms with Crippen LogP contribution in [0.25, 0.3) is 0 Å². The molecule has 4 heterocycles. The van der Waals surface area contributed by atoms with Gasteiger partial charge in [0.05, 0.1) is 0 Å². The van der Waals surface area contributed by atoms with Gasteiger partial charge in [-0.1, -0.05) is 36.4 Å². The summed E-state index contributed by atoms with van der Waals surface area (Å²) in [6.07, 6.45) is 0.749. The Bertz CT molecular complexity index is 1720. The van der Waals surface area contributed by atoms with E-state index in [9.17, 15) is 9.59 Å². The molecule has 0 atom stereocenters. The van der Waals surface area contributed by atoms with Gasteiger partial charge in [0.2, 0.25) is 13.6 Å². The summed E-state index contributed by atoms with van der Waals surface area (Å²) in [6.45, 7) is 8.10. The molecular weight excluding hydrogens is 648 g/mol. The lowest BCUT2D eigenvalue weighted by atomic mass is 10.0. The number of benzene rings is 4. The molecule has 8 rings (SSSR count). The number of fused-ring (bicyclic) bond motifs is 2. The van der Waals surface area contributed by atoms with Crippen LogP contribution < -0.4 is 29.6 Å². The number of hydrogen-bond acceptors (Lipinski definition) is 8. The largest absolute Gasteiger partial charge is 0.454 e. The van der Waals surface area contributed by atoms with Crippen molar-refractivity contribution in [3.63, 3.8) is 0 Å². The topological polar surface area (TPSA) is 108 Å². The molecule has 4 aromatic carbocycles. The minimum Gasteiger partial charge on any atom is -0.454 e. The number of amides is 4. The molecule has 0 unspecified atom stereocenters. The third kappa shape index (κ3) is 7.97. The molecule has 0 aromatic heterocycles. The third-order valence-corrected chi connectivity index (χ3v) is 9.82. The van der Waals surface area contributed by atoms with Gasteiger partial charge in [-0.05, 0) is 77.2 Å². The fraction of sp³-hybridized carbons (Fsp3) is 0.333. The van der Waals surface area contributed by atoms with Gasteiger partial charge in [0.1, 0.15) is 0 Å². The Hall–Kier alpha value is -5.46. The molecule has 2 fully saturated rings. The predicted octanol–water partition coefficient (Wildman–Crippen LogP) is 5.43. The Labute approximate surface area is 297 Å². The average molecular weight is 691 g/mol. The summed E-state index contributed by atoms with van der Waals surface area (Å²) in [5.74, 6) is 3.18. The smallest absolute Gasteiger partial charge is 0.321 e. The van der Waals surface area contributed by atoms with E-state index in [4.69, 9.17) is 18.9 Å². The summed E-state index contributed by atoms with van der Waals surface area (Å²) in [7, 11) is 0. The first-order chi connectivity index (χ1) is 25.0. The molecule has 4 amide bonds. The first-order valence-electron chi connectivity index (χ1n) is 17.5. The normalized spacial score (nSPS) is 17.0. The summed E-state index contributed by atoms with van der Waals surface area (Å²) in [4.78, 5) is 34.4. The second kappa shape index (κ2) is 14.8. The molecule has 4 aromatic rings. The fourth-order valence-corrected chi connectivity index (χ4v) is 6.87. The number of hydrogen-bond donors (Lipinski definition) is 2. The fourth-order valence-electron chi connectivity index (χ4n) is 6.87. The van der Waals surface area contributed by atoms with Gasteiger partial charge in [-0.15, -0.1) is 0 Å². The molecule has 4 aliphatic rings. The van der Waals surface area contributed by atoms with Crippen LogP contribution in [0.3, 0.4) is 0 Å². The highest BCUT2D eigenvalue weighted by atomic mass is 16.7. The van der Waals surface area contributed by atoms with Crippen LogP contribution in [0.4, 0.5) is 21.0 Å². The van der Waals surface area contributed by atoms with Gasteiger partial charge >= 0.3 is 12.1 Å². The van der Waals surface area contributed by atoms with Crippen LogP contribution in [0.1, 0.15) is 22.3 Å². The van der Waals surface area contributed by atoms with Crippen LogP contribution in [0.15, 0.2) is 84.9 Å². The van der Waals surface area contributed by atoms with Crippen molar-refractivity contribution in [3.05, 3.63) is 107 Å². The van der Waals surface area contributed by atoms with Crippen molar-refractivity contribution in [2.24, 2.45) is 0 Å². The minimum atomic E-state index is -0.0776. The zero-order valence-corrected chi connectivity index (χ0v) is 28.5.